The highest BCUT2D eigenvalue weighted by atomic mass is 32.2. The van der Waals surface area contributed by atoms with Gasteiger partial charge in [-0.1, -0.05) is 24.0 Å². The van der Waals surface area contributed by atoms with Crippen molar-refractivity contribution in [3.05, 3.63) is 0 Å². The second kappa shape index (κ2) is 2.18. The lowest BCUT2D eigenvalue weighted by molar-refractivity contribution is -0.128. The number of thiocarbonyl (C=S) groups is 1. The van der Waals surface area contributed by atoms with Crippen molar-refractivity contribution >= 4 is 34.2 Å². The van der Waals surface area contributed by atoms with Gasteiger partial charge in [0.1, 0.15) is 0 Å². The lowest BCUT2D eigenvalue weighted by Gasteiger charge is -2.11. The monoisotopic (exact) mass is 176 g/mol. The highest BCUT2D eigenvalue weighted by molar-refractivity contribution is 8.24. The molecule has 0 unspecified atom stereocenters. The molecular formula is C5H8N2OS2. The first kappa shape index (κ1) is 7.97. The fourth-order valence-electron chi connectivity index (χ4n) is 0.684. The number of carbonyl (C=O) groups is 1. The van der Waals surface area contributed by atoms with Crippen LogP contribution in [-0.2, 0) is 4.79 Å². The number of amides is 1. The van der Waals surface area contributed by atoms with Crippen LogP contribution in [0.25, 0.3) is 0 Å². The Bertz CT molecular complexity index is 202. The third-order valence-corrected chi connectivity index (χ3v) is 2.78. The molecule has 56 valence electrons. The number of thioether (sulfide) groups is 1. The molecule has 1 amide bonds. The number of hydrogen-bond donors (Lipinski definition) is 1. The first-order valence-electron chi connectivity index (χ1n) is 2.77. The minimum atomic E-state index is -0.466. The van der Waals surface area contributed by atoms with Crippen LogP contribution < -0.4 is 5.84 Å². The molecule has 0 spiro atoms. The molecule has 0 bridgehead atoms. The summed E-state index contributed by atoms with van der Waals surface area (Å²) in [4.78, 5) is 11.1. The maximum Gasteiger partial charge on any atom is 0.258 e. The number of nitrogens with two attached hydrogens (primary N) is 1. The van der Waals surface area contributed by atoms with Crippen molar-refractivity contribution in [2.45, 2.75) is 18.6 Å². The summed E-state index contributed by atoms with van der Waals surface area (Å²) in [5.41, 5.74) is 0. The molecule has 1 aliphatic rings. The smallest absolute Gasteiger partial charge is 0.258 e. The van der Waals surface area contributed by atoms with E-state index >= 15 is 0 Å². The van der Waals surface area contributed by atoms with Crippen LogP contribution in [0.3, 0.4) is 0 Å². The van der Waals surface area contributed by atoms with Crippen molar-refractivity contribution in [1.82, 2.24) is 5.01 Å². The fraction of sp³-hybridized carbons (Fsp3) is 0.600. The minimum absolute atomic E-state index is 0.123. The number of hydrazine groups is 1. The molecule has 1 heterocycles. The molecule has 3 nitrogen and oxygen atoms in total. The van der Waals surface area contributed by atoms with Gasteiger partial charge in [-0.3, -0.25) is 4.79 Å². The maximum absolute atomic E-state index is 11.1. The lowest BCUT2D eigenvalue weighted by atomic mass is 10.2. The molecule has 0 atom stereocenters. The van der Waals surface area contributed by atoms with Crippen LogP contribution in [0.5, 0.6) is 0 Å². The van der Waals surface area contributed by atoms with Crippen LogP contribution in [0.15, 0.2) is 0 Å². The minimum Gasteiger partial charge on any atom is -0.271 e. The van der Waals surface area contributed by atoms with Gasteiger partial charge in [0.25, 0.3) is 5.91 Å². The summed E-state index contributed by atoms with van der Waals surface area (Å²) in [6.07, 6.45) is 0. The van der Waals surface area contributed by atoms with Gasteiger partial charge >= 0.3 is 0 Å². The number of nitrogens with zero attached hydrogens (tertiary/aromatic N) is 1. The van der Waals surface area contributed by atoms with Crippen molar-refractivity contribution in [1.29, 1.82) is 0 Å². The zero-order valence-electron chi connectivity index (χ0n) is 5.75. The van der Waals surface area contributed by atoms with Crippen molar-refractivity contribution in [3.8, 4) is 0 Å². The zero-order valence-corrected chi connectivity index (χ0v) is 7.38. The molecular weight excluding hydrogens is 168 g/mol. The predicted octanol–water partition coefficient (Wildman–Crippen LogP) is 0.499. The van der Waals surface area contributed by atoms with Gasteiger partial charge in [0.2, 0.25) is 0 Å². The second-order valence-corrected chi connectivity index (χ2v) is 4.81. The van der Waals surface area contributed by atoms with Gasteiger partial charge in [-0.25, -0.2) is 10.9 Å². The van der Waals surface area contributed by atoms with Crippen LogP contribution in [0.4, 0.5) is 0 Å². The predicted molar refractivity (Wildman–Crippen MR) is 45.3 cm³/mol. The van der Waals surface area contributed by atoms with Crippen molar-refractivity contribution in [3.63, 3.8) is 0 Å². The third kappa shape index (κ3) is 1.04. The average molecular weight is 176 g/mol. The van der Waals surface area contributed by atoms with E-state index in [-0.39, 0.29) is 5.91 Å². The van der Waals surface area contributed by atoms with Gasteiger partial charge in [0, 0.05) is 0 Å². The Kier molecular flexibility index (Phi) is 1.74. The van der Waals surface area contributed by atoms with Crippen molar-refractivity contribution < 1.29 is 4.79 Å². The zero-order chi connectivity index (χ0) is 7.94. The summed E-state index contributed by atoms with van der Waals surface area (Å²) < 4.78 is -0.0127. The Morgan fingerprint density at radius 1 is 1.70 bits per heavy atom. The van der Waals surface area contributed by atoms with Crippen LogP contribution in [0.1, 0.15) is 13.8 Å². The number of rotatable bonds is 0. The Morgan fingerprint density at radius 3 is 2.30 bits per heavy atom. The van der Waals surface area contributed by atoms with Crippen LogP contribution >= 0.6 is 24.0 Å². The van der Waals surface area contributed by atoms with Gasteiger partial charge < -0.3 is 0 Å². The molecule has 0 aromatic rings. The molecule has 1 aliphatic heterocycles. The molecule has 0 aromatic heterocycles. The molecule has 1 rings (SSSR count). The summed E-state index contributed by atoms with van der Waals surface area (Å²) >= 11 is 6.13. The molecule has 2 N–H and O–H groups in total. The van der Waals surface area contributed by atoms with Gasteiger partial charge in [0.05, 0.1) is 4.75 Å². The Hall–Kier alpha value is -0.130. The normalized spacial score (nSPS) is 24.1. The van der Waals surface area contributed by atoms with E-state index in [4.69, 9.17) is 18.1 Å². The Morgan fingerprint density at radius 2 is 2.20 bits per heavy atom. The van der Waals surface area contributed by atoms with Gasteiger partial charge in [-0.2, -0.15) is 0 Å². The van der Waals surface area contributed by atoms with Gasteiger partial charge in [-0.05, 0) is 13.8 Å². The lowest BCUT2D eigenvalue weighted by Crippen LogP contribution is -2.40. The van der Waals surface area contributed by atoms with E-state index in [9.17, 15) is 4.79 Å². The molecule has 0 radical (unpaired) electrons. The van der Waals surface area contributed by atoms with Gasteiger partial charge in [0.15, 0.2) is 4.32 Å². The summed E-state index contributed by atoms with van der Waals surface area (Å²) in [6.45, 7) is 3.61. The molecule has 0 aromatic carbocycles. The van der Waals surface area contributed by atoms with Crippen LogP contribution in [0, 0.1) is 0 Å². The molecule has 1 saturated heterocycles. The van der Waals surface area contributed by atoms with E-state index in [1.807, 2.05) is 0 Å². The summed E-state index contributed by atoms with van der Waals surface area (Å²) in [6, 6.07) is 0. The highest BCUT2D eigenvalue weighted by Gasteiger charge is 2.42. The first-order valence-corrected chi connectivity index (χ1v) is 4.00. The third-order valence-electron chi connectivity index (χ3n) is 1.27. The maximum atomic E-state index is 11.1. The largest absolute Gasteiger partial charge is 0.271 e. The van der Waals surface area contributed by atoms with Crippen LogP contribution in [0.2, 0.25) is 0 Å². The topological polar surface area (TPSA) is 46.3 Å². The summed E-state index contributed by atoms with van der Waals surface area (Å²) in [5, 5.41) is 1.03. The van der Waals surface area contributed by atoms with Crippen LogP contribution in [-0.4, -0.2) is 20.0 Å². The summed E-state index contributed by atoms with van der Waals surface area (Å²) in [7, 11) is 0. The van der Waals surface area contributed by atoms with E-state index in [1.54, 1.807) is 13.8 Å². The second-order valence-electron chi connectivity index (χ2n) is 2.55. The molecule has 5 heteroatoms. The van der Waals surface area contributed by atoms with E-state index in [2.05, 4.69) is 0 Å². The Labute approximate surface area is 68.9 Å². The van der Waals surface area contributed by atoms with E-state index in [0.717, 1.165) is 5.01 Å². The number of carbonyl (C=O) groups excluding carboxylic acids is 1. The fourth-order valence-corrected chi connectivity index (χ4v) is 2.20. The first-order chi connectivity index (χ1) is 4.45. The average Bonchev–Trinajstić information content (AvgIpc) is 1.95. The van der Waals surface area contributed by atoms with Crippen molar-refractivity contribution in [2.24, 2.45) is 5.84 Å². The Balaban J connectivity index is 2.92. The molecule has 0 aliphatic carbocycles. The SMILES string of the molecule is CC1(C)SC(=S)N(N)C1=O. The molecule has 10 heavy (non-hydrogen) atoms. The van der Waals surface area contributed by atoms with E-state index in [1.165, 1.54) is 11.8 Å². The van der Waals surface area contributed by atoms with E-state index in [0.29, 0.717) is 4.32 Å². The molecule has 1 fully saturated rings. The molecule has 0 saturated carbocycles. The van der Waals surface area contributed by atoms with Crippen molar-refractivity contribution in [2.75, 3.05) is 0 Å². The summed E-state index contributed by atoms with van der Waals surface area (Å²) in [5.74, 6) is 5.20. The quantitative estimate of drug-likeness (QED) is 0.332. The number of hydrogen-bond acceptors (Lipinski definition) is 4. The highest BCUT2D eigenvalue weighted by Crippen LogP contribution is 2.34. The van der Waals surface area contributed by atoms with E-state index < -0.39 is 4.75 Å². The van der Waals surface area contributed by atoms with Gasteiger partial charge in [-0.15, -0.1) is 0 Å². The standard InChI is InChI=1S/C5H8N2OS2/c1-5(2)3(8)7(6)4(9)10-5/h6H2,1-2H3.